The van der Waals surface area contributed by atoms with Crippen molar-refractivity contribution in [2.45, 2.75) is 13.3 Å². The fourth-order valence-corrected chi connectivity index (χ4v) is 2.79. The highest BCUT2D eigenvalue weighted by Crippen LogP contribution is 2.20. The van der Waals surface area contributed by atoms with Crippen LogP contribution in [0, 0.1) is 5.92 Å². The van der Waals surface area contributed by atoms with Crippen LogP contribution in [0.1, 0.15) is 22.8 Å². The first-order chi connectivity index (χ1) is 11.6. The molecule has 3 rings (SSSR count). The van der Waals surface area contributed by atoms with Crippen LogP contribution in [0.15, 0.2) is 60.8 Å². The van der Waals surface area contributed by atoms with Crippen LogP contribution < -0.4 is 5.32 Å². The number of hydrogen-bond donors (Lipinski definition) is 2. The minimum Gasteiger partial charge on any atom is -0.361 e. The second-order valence-corrected chi connectivity index (χ2v) is 5.97. The number of ketones is 1. The number of aromatic nitrogens is 1. The SMILES string of the molecule is CC(Cc1c[nH]c2ccccc12)C(=O)NCC(=O)c1ccccc1. The smallest absolute Gasteiger partial charge is 0.223 e. The van der Waals surface area contributed by atoms with Crippen LogP contribution in [0.4, 0.5) is 0 Å². The van der Waals surface area contributed by atoms with Crippen molar-refractivity contribution in [3.05, 3.63) is 71.9 Å². The molecule has 0 aliphatic heterocycles. The lowest BCUT2D eigenvalue weighted by Gasteiger charge is -2.11. The first-order valence-electron chi connectivity index (χ1n) is 8.06. The molecule has 1 heterocycles. The number of H-pyrrole nitrogens is 1. The highest BCUT2D eigenvalue weighted by Gasteiger charge is 2.16. The van der Waals surface area contributed by atoms with Crippen LogP contribution in [0.5, 0.6) is 0 Å². The lowest BCUT2D eigenvalue weighted by molar-refractivity contribution is -0.124. The van der Waals surface area contributed by atoms with Gasteiger partial charge < -0.3 is 10.3 Å². The monoisotopic (exact) mass is 320 g/mol. The van der Waals surface area contributed by atoms with Gasteiger partial charge in [0.2, 0.25) is 5.91 Å². The number of carbonyl (C=O) groups is 2. The van der Waals surface area contributed by atoms with Crippen molar-refractivity contribution >= 4 is 22.6 Å². The largest absolute Gasteiger partial charge is 0.361 e. The van der Waals surface area contributed by atoms with Crippen molar-refractivity contribution < 1.29 is 9.59 Å². The van der Waals surface area contributed by atoms with E-state index < -0.39 is 0 Å². The van der Waals surface area contributed by atoms with Crippen molar-refractivity contribution in [2.24, 2.45) is 5.92 Å². The van der Waals surface area contributed by atoms with Crippen LogP contribution in [-0.4, -0.2) is 23.2 Å². The van der Waals surface area contributed by atoms with E-state index in [4.69, 9.17) is 0 Å². The quantitative estimate of drug-likeness (QED) is 0.684. The van der Waals surface area contributed by atoms with E-state index in [-0.39, 0.29) is 24.2 Å². The van der Waals surface area contributed by atoms with E-state index >= 15 is 0 Å². The molecular weight excluding hydrogens is 300 g/mol. The van der Waals surface area contributed by atoms with Crippen LogP contribution >= 0.6 is 0 Å². The van der Waals surface area contributed by atoms with E-state index in [1.165, 1.54) is 0 Å². The zero-order chi connectivity index (χ0) is 16.9. The second kappa shape index (κ2) is 7.13. The van der Waals surface area contributed by atoms with Crippen molar-refractivity contribution in [3.8, 4) is 0 Å². The molecule has 1 aromatic heterocycles. The summed E-state index contributed by atoms with van der Waals surface area (Å²) in [5, 5.41) is 3.88. The maximum absolute atomic E-state index is 12.3. The number of carbonyl (C=O) groups excluding carboxylic acids is 2. The molecule has 4 heteroatoms. The number of benzene rings is 2. The molecule has 0 aliphatic rings. The van der Waals surface area contributed by atoms with Crippen LogP contribution in [-0.2, 0) is 11.2 Å². The number of Topliss-reactive ketones (excluding diaryl/α,β-unsaturated/α-hetero) is 1. The first kappa shape index (κ1) is 16.0. The van der Waals surface area contributed by atoms with Gasteiger partial charge in [0, 0.05) is 28.6 Å². The Hall–Kier alpha value is -2.88. The predicted octanol–water partition coefficient (Wildman–Crippen LogP) is 3.35. The van der Waals surface area contributed by atoms with Gasteiger partial charge in [-0.2, -0.15) is 0 Å². The van der Waals surface area contributed by atoms with E-state index in [9.17, 15) is 9.59 Å². The topological polar surface area (TPSA) is 62.0 Å². The molecule has 0 saturated carbocycles. The molecule has 0 spiro atoms. The van der Waals surface area contributed by atoms with Gasteiger partial charge in [0.25, 0.3) is 0 Å². The van der Waals surface area contributed by atoms with E-state index in [2.05, 4.69) is 10.3 Å². The normalized spacial score (nSPS) is 12.0. The van der Waals surface area contributed by atoms with Crippen molar-refractivity contribution in [3.63, 3.8) is 0 Å². The standard InChI is InChI=1S/C20H20N2O2/c1-14(11-16-12-21-18-10-6-5-9-17(16)18)20(24)22-13-19(23)15-7-3-2-4-8-15/h2-10,12,14,21H,11,13H2,1H3,(H,22,24). The molecule has 0 radical (unpaired) electrons. The third-order valence-corrected chi connectivity index (χ3v) is 4.17. The number of fused-ring (bicyclic) bond motifs is 1. The summed E-state index contributed by atoms with van der Waals surface area (Å²) in [6.45, 7) is 1.91. The van der Waals surface area contributed by atoms with Crippen molar-refractivity contribution in [1.82, 2.24) is 10.3 Å². The Balaban J connectivity index is 1.58. The molecule has 1 atom stereocenters. The van der Waals surface area contributed by atoms with Crippen LogP contribution in [0.25, 0.3) is 10.9 Å². The molecule has 0 aliphatic carbocycles. The molecule has 3 aromatic rings. The van der Waals surface area contributed by atoms with Gasteiger partial charge in [0.15, 0.2) is 5.78 Å². The summed E-state index contributed by atoms with van der Waals surface area (Å²) < 4.78 is 0. The fraction of sp³-hybridized carbons (Fsp3) is 0.200. The van der Waals surface area contributed by atoms with Gasteiger partial charge in [0.05, 0.1) is 6.54 Å². The molecule has 0 fully saturated rings. The van der Waals surface area contributed by atoms with E-state index in [0.717, 1.165) is 16.5 Å². The summed E-state index contributed by atoms with van der Waals surface area (Å²) in [5.74, 6) is -0.388. The molecule has 2 N–H and O–H groups in total. The molecule has 4 nitrogen and oxygen atoms in total. The minimum absolute atomic E-state index is 0.0288. The van der Waals surface area contributed by atoms with Gasteiger partial charge >= 0.3 is 0 Å². The average molecular weight is 320 g/mol. The second-order valence-electron chi connectivity index (χ2n) is 5.97. The average Bonchev–Trinajstić information content (AvgIpc) is 3.03. The van der Waals surface area contributed by atoms with Crippen LogP contribution in [0.3, 0.4) is 0 Å². The minimum atomic E-state index is -0.201. The highest BCUT2D eigenvalue weighted by molar-refractivity contribution is 5.99. The summed E-state index contributed by atoms with van der Waals surface area (Å²) in [4.78, 5) is 27.5. The summed E-state index contributed by atoms with van der Waals surface area (Å²) in [6.07, 6.45) is 2.58. The Morgan fingerprint density at radius 3 is 2.54 bits per heavy atom. The lowest BCUT2D eigenvalue weighted by Crippen LogP contribution is -2.34. The maximum atomic E-state index is 12.3. The van der Waals surface area contributed by atoms with E-state index in [1.54, 1.807) is 12.1 Å². The lowest BCUT2D eigenvalue weighted by atomic mass is 10.00. The Morgan fingerprint density at radius 2 is 1.75 bits per heavy atom. The summed E-state index contributed by atoms with van der Waals surface area (Å²) in [5.41, 5.74) is 2.80. The van der Waals surface area contributed by atoms with E-state index in [0.29, 0.717) is 12.0 Å². The highest BCUT2D eigenvalue weighted by atomic mass is 16.2. The number of para-hydroxylation sites is 1. The van der Waals surface area contributed by atoms with Gasteiger partial charge in [-0.1, -0.05) is 55.5 Å². The Kier molecular flexibility index (Phi) is 4.75. The molecule has 122 valence electrons. The third-order valence-electron chi connectivity index (χ3n) is 4.17. The molecule has 1 amide bonds. The summed E-state index contributed by atoms with van der Waals surface area (Å²) >= 11 is 0. The number of aromatic amines is 1. The zero-order valence-electron chi connectivity index (χ0n) is 13.6. The molecule has 0 saturated heterocycles. The summed E-state index contributed by atoms with van der Waals surface area (Å²) in [7, 11) is 0. The number of hydrogen-bond acceptors (Lipinski definition) is 2. The fourth-order valence-electron chi connectivity index (χ4n) is 2.79. The maximum Gasteiger partial charge on any atom is 0.223 e. The third kappa shape index (κ3) is 3.54. The van der Waals surface area contributed by atoms with Gasteiger partial charge in [-0.15, -0.1) is 0 Å². The first-order valence-corrected chi connectivity index (χ1v) is 8.06. The van der Waals surface area contributed by atoms with Gasteiger partial charge in [-0.25, -0.2) is 0 Å². The molecule has 1 unspecified atom stereocenters. The Bertz CT molecular complexity index is 852. The number of amides is 1. The van der Waals surface area contributed by atoms with Crippen molar-refractivity contribution in [1.29, 1.82) is 0 Å². The molecule has 0 bridgehead atoms. The van der Waals surface area contributed by atoms with Crippen molar-refractivity contribution in [2.75, 3.05) is 6.54 Å². The predicted molar refractivity (Wildman–Crippen MR) is 94.9 cm³/mol. The molecule has 2 aromatic carbocycles. The van der Waals surface area contributed by atoms with Gasteiger partial charge in [0.1, 0.15) is 0 Å². The Morgan fingerprint density at radius 1 is 1.04 bits per heavy atom. The molecular formula is C20H20N2O2. The summed E-state index contributed by atoms with van der Waals surface area (Å²) in [6, 6.07) is 17.0. The molecule has 24 heavy (non-hydrogen) atoms. The van der Waals surface area contributed by atoms with Crippen LogP contribution in [0.2, 0.25) is 0 Å². The van der Waals surface area contributed by atoms with E-state index in [1.807, 2.05) is 55.6 Å². The Labute approximate surface area is 140 Å². The van der Waals surface area contributed by atoms with Gasteiger partial charge in [-0.3, -0.25) is 9.59 Å². The van der Waals surface area contributed by atoms with Gasteiger partial charge in [-0.05, 0) is 18.1 Å². The number of rotatable bonds is 6. The zero-order valence-corrected chi connectivity index (χ0v) is 13.6. The number of nitrogens with one attached hydrogen (secondary N) is 2.